The average Bonchev–Trinajstić information content (AvgIpc) is 3.18. The summed E-state index contributed by atoms with van der Waals surface area (Å²) in [6, 6.07) is 23.1. The van der Waals surface area contributed by atoms with Gasteiger partial charge in [0.05, 0.1) is 13.7 Å². The molecule has 0 bridgehead atoms. The summed E-state index contributed by atoms with van der Waals surface area (Å²) in [5, 5.41) is 9.12. The quantitative estimate of drug-likeness (QED) is 0.394. The Balaban J connectivity index is 1.18. The van der Waals surface area contributed by atoms with Crippen molar-refractivity contribution in [3.63, 3.8) is 0 Å². The fraction of sp³-hybridized carbons (Fsp3) is 0.321. The number of carbonyl (C=O) groups excluding carboxylic acids is 1. The number of hydrogen-bond acceptors (Lipinski definition) is 4. The van der Waals surface area contributed by atoms with Crippen LogP contribution in [0.4, 0.5) is 11.4 Å². The van der Waals surface area contributed by atoms with E-state index in [4.69, 9.17) is 4.74 Å². The van der Waals surface area contributed by atoms with Gasteiger partial charge >= 0.3 is 0 Å². The van der Waals surface area contributed by atoms with Crippen LogP contribution in [0.5, 0.6) is 5.75 Å². The van der Waals surface area contributed by atoms with Gasteiger partial charge in [-0.15, -0.1) is 0 Å². The fourth-order valence-corrected chi connectivity index (χ4v) is 5.06. The summed E-state index contributed by atoms with van der Waals surface area (Å²) < 4.78 is 7.63. The van der Waals surface area contributed by atoms with E-state index in [1.807, 2.05) is 24.3 Å². The zero-order chi connectivity index (χ0) is 23.5. The molecule has 34 heavy (non-hydrogen) atoms. The van der Waals surface area contributed by atoms with Crippen LogP contribution in [0.2, 0.25) is 0 Å². The van der Waals surface area contributed by atoms with Crippen molar-refractivity contribution in [3.05, 3.63) is 66.7 Å². The van der Waals surface area contributed by atoms with Crippen LogP contribution in [-0.2, 0) is 11.3 Å². The first kappa shape index (κ1) is 22.3. The largest absolute Gasteiger partial charge is 0.497 e. The number of nitrogens with zero attached hydrogens (tertiary/aromatic N) is 2. The summed E-state index contributed by atoms with van der Waals surface area (Å²) in [6.45, 7) is 5.30. The number of aryl methyl sites for hydroxylation is 1. The summed E-state index contributed by atoms with van der Waals surface area (Å²) in [5.74, 6) is 0.898. The molecule has 4 aromatic rings. The molecule has 6 nitrogen and oxygen atoms in total. The van der Waals surface area contributed by atoms with Crippen molar-refractivity contribution in [3.8, 4) is 5.75 Å². The van der Waals surface area contributed by atoms with Gasteiger partial charge < -0.3 is 19.9 Å². The van der Waals surface area contributed by atoms with Crippen LogP contribution in [0, 0.1) is 0 Å². The summed E-state index contributed by atoms with van der Waals surface area (Å²) in [4.78, 5) is 15.0. The van der Waals surface area contributed by atoms with Gasteiger partial charge in [0.25, 0.3) is 0 Å². The molecule has 0 aliphatic carbocycles. The molecule has 1 fully saturated rings. The Morgan fingerprint density at radius 1 is 0.941 bits per heavy atom. The zero-order valence-electron chi connectivity index (χ0n) is 19.9. The van der Waals surface area contributed by atoms with Crippen molar-refractivity contribution >= 4 is 39.1 Å². The minimum atomic E-state index is 0.0396. The van der Waals surface area contributed by atoms with Crippen LogP contribution >= 0.6 is 0 Å². The number of ether oxygens (including phenoxy) is 1. The van der Waals surface area contributed by atoms with Gasteiger partial charge in [0, 0.05) is 64.9 Å². The predicted octanol–water partition coefficient (Wildman–Crippen LogP) is 5.34. The van der Waals surface area contributed by atoms with Gasteiger partial charge in [-0.2, -0.15) is 0 Å². The van der Waals surface area contributed by atoms with Gasteiger partial charge in [-0.1, -0.05) is 24.3 Å². The molecule has 0 spiro atoms. The number of para-hydroxylation sites is 1. The molecule has 0 atom stereocenters. The standard InChI is InChI=1S/C28H32N4O2/c1-3-32-26-10-5-4-9-24(26)25-18-22(11-12-27(25)32)30-28(33)19-31-15-13-20(14-16-31)29-21-7-6-8-23(17-21)34-2/h4-12,17-18,20,29H,3,13-16,19H2,1-2H3,(H,30,33). The monoisotopic (exact) mass is 456 g/mol. The third kappa shape index (κ3) is 4.59. The Morgan fingerprint density at radius 2 is 1.74 bits per heavy atom. The van der Waals surface area contributed by atoms with Gasteiger partial charge in [0.1, 0.15) is 5.75 Å². The van der Waals surface area contributed by atoms with Crippen LogP contribution < -0.4 is 15.4 Å². The van der Waals surface area contributed by atoms with Crippen molar-refractivity contribution in [1.82, 2.24) is 9.47 Å². The molecule has 1 aromatic heterocycles. The number of likely N-dealkylation sites (tertiary alicyclic amines) is 1. The van der Waals surface area contributed by atoms with Crippen LogP contribution in [0.25, 0.3) is 21.8 Å². The molecule has 0 unspecified atom stereocenters. The summed E-state index contributed by atoms with van der Waals surface area (Å²) in [6.07, 6.45) is 2.01. The molecule has 3 aromatic carbocycles. The van der Waals surface area contributed by atoms with E-state index in [-0.39, 0.29) is 5.91 Å². The lowest BCUT2D eigenvalue weighted by molar-refractivity contribution is -0.117. The first-order chi connectivity index (χ1) is 16.6. The number of methoxy groups -OCH3 is 1. The van der Waals surface area contributed by atoms with Crippen LogP contribution in [0.15, 0.2) is 66.7 Å². The van der Waals surface area contributed by atoms with E-state index in [0.717, 1.165) is 49.6 Å². The molecule has 5 rings (SSSR count). The molecule has 0 saturated carbocycles. The van der Waals surface area contributed by atoms with Crippen molar-refractivity contribution < 1.29 is 9.53 Å². The van der Waals surface area contributed by atoms with Crippen LogP contribution in [0.1, 0.15) is 19.8 Å². The van der Waals surface area contributed by atoms with E-state index < -0.39 is 0 Å². The molecule has 1 aliphatic heterocycles. The normalized spacial score (nSPS) is 15.0. The summed E-state index contributed by atoms with van der Waals surface area (Å²) in [7, 11) is 1.68. The lowest BCUT2D eigenvalue weighted by Crippen LogP contribution is -2.42. The number of benzene rings is 3. The zero-order valence-corrected chi connectivity index (χ0v) is 19.9. The Kier molecular flexibility index (Phi) is 6.41. The van der Waals surface area contributed by atoms with Crippen molar-refractivity contribution in [2.24, 2.45) is 0 Å². The maximum Gasteiger partial charge on any atom is 0.238 e. The second-order valence-corrected chi connectivity index (χ2v) is 8.97. The van der Waals surface area contributed by atoms with E-state index >= 15 is 0 Å². The highest BCUT2D eigenvalue weighted by atomic mass is 16.5. The number of fused-ring (bicyclic) bond motifs is 3. The number of amides is 1. The van der Waals surface area contributed by atoms with E-state index in [1.54, 1.807) is 7.11 Å². The molecular formula is C28H32N4O2. The molecule has 1 amide bonds. The number of nitrogens with one attached hydrogen (secondary N) is 2. The van der Waals surface area contributed by atoms with E-state index in [2.05, 4.69) is 69.5 Å². The van der Waals surface area contributed by atoms with Crippen molar-refractivity contribution in [2.75, 3.05) is 37.4 Å². The number of aromatic nitrogens is 1. The first-order valence-electron chi connectivity index (χ1n) is 12.1. The van der Waals surface area contributed by atoms with Crippen LogP contribution in [-0.4, -0.2) is 48.2 Å². The average molecular weight is 457 g/mol. The third-order valence-corrected chi connectivity index (χ3v) is 6.77. The highest BCUT2D eigenvalue weighted by Gasteiger charge is 2.21. The molecule has 1 saturated heterocycles. The second kappa shape index (κ2) is 9.77. The molecule has 1 aliphatic rings. The SMILES string of the molecule is CCn1c2ccccc2c2cc(NC(=O)CN3CCC(Nc4cccc(OC)c4)CC3)ccc21. The van der Waals surface area contributed by atoms with Gasteiger partial charge in [-0.3, -0.25) is 9.69 Å². The minimum Gasteiger partial charge on any atom is -0.497 e. The predicted molar refractivity (Wildman–Crippen MR) is 140 cm³/mol. The van der Waals surface area contributed by atoms with E-state index in [1.165, 1.54) is 21.8 Å². The Bertz CT molecular complexity index is 1300. The second-order valence-electron chi connectivity index (χ2n) is 8.97. The molecule has 2 heterocycles. The summed E-state index contributed by atoms with van der Waals surface area (Å²) >= 11 is 0. The van der Waals surface area contributed by atoms with Crippen molar-refractivity contribution in [1.29, 1.82) is 0 Å². The Labute approximate surface area is 200 Å². The highest BCUT2D eigenvalue weighted by molar-refractivity contribution is 6.09. The number of piperidine rings is 1. The Hall–Kier alpha value is -3.51. The molecular weight excluding hydrogens is 424 g/mol. The lowest BCUT2D eigenvalue weighted by Gasteiger charge is -2.32. The minimum absolute atomic E-state index is 0.0396. The molecule has 176 valence electrons. The number of carbonyl (C=O) groups is 1. The van der Waals surface area contributed by atoms with E-state index in [0.29, 0.717) is 12.6 Å². The van der Waals surface area contributed by atoms with E-state index in [9.17, 15) is 4.79 Å². The number of rotatable bonds is 7. The third-order valence-electron chi connectivity index (χ3n) is 6.77. The first-order valence-corrected chi connectivity index (χ1v) is 12.1. The van der Waals surface area contributed by atoms with Gasteiger partial charge in [-0.25, -0.2) is 0 Å². The molecule has 6 heteroatoms. The maximum absolute atomic E-state index is 12.8. The van der Waals surface area contributed by atoms with Crippen LogP contribution in [0.3, 0.4) is 0 Å². The van der Waals surface area contributed by atoms with Gasteiger partial charge in [0.2, 0.25) is 5.91 Å². The highest BCUT2D eigenvalue weighted by Crippen LogP contribution is 2.31. The number of hydrogen-bond donors (Lipinski definition) is 2. The number of anilines is 2. The van der Waals surface area contributed by atoms with Gasteiger partial charge in [0.15, 0.2) is 0 Å². The molecule has 0 radical (unpaired) electrons. The maximum atomic E-state index is 12.8. The smallest absolute Gasteiger partial charge is 0.238 e. The fourth-order valence-electron chi connectivity index (χ4n) is 5.06. The lowest BCUT2D eigenvalue weighted by atomic mass is 10.0. The topological polar surface area (TPSA) is 58.5 Å². The van der Waals surface area contributed by atoms with Crippen molar-refractivity contribution in [2.45, 2.75) is 32.4 Å². The Morgan fingerprint density at radius 3 is 2.53 bits per heavy atom. The molecule has 2 N–H and O–H groups in total. The summed E-state index contributed by atoms with van der Waals surface area (Å²) in [5.41, 5.74) is 4.36. The van der Waals surface area contributed by atoms with Gasteiger partial charge in [-0.05, 0) is 56.2 Å².